The van der Waals surface area contributed by atoms with Crippen LogP contribution in [0.5, 0.6) is 0 Å². The fraction of sp³-hybridized carbons (Fsp3) is 0.786. The minimum Gasteiger partial charge on any atom is -0.357 e. The first kappa shape index (κ1) is 12.5. The Balaban J connectivity index is 1.97. The summed E-state index contributed by atoms with van der Waals surface area (Å²) in [5.74, 6) is 2.91. The van der Waals surface area contributed by atoms with Crippen molar-refractivity contribution < 1.29 is 0 Å². The molecule has 1 aliphatic heterocycles. The summed E-state index contributed by atoms with van der Waals surface area (Å²) in [6.07, 6.45) is 7.55. The molecule has 2 rings (SSSR count). The van der Waals surface area contributed by atoms with Crippen LogP contribution in [0.2, 0.25) is 0 Å². The number of hydrogen-bond acceptors (Lipinski definition) is 1. The molecule has 2 fully saturated rings. The molecule has 3 nitrogen and oxygen atoms in total. The summed E-state index contributed by atoms with van der Waals surface area (Å²) in [5, 5.41) is 3.40. The molecule has 1 N–H and O–H groups in total. The molecular weight excluding hydrogens is 210 g/mol. The zero-order chi connectivity index (χ0) is 12.1. The molecular formula is C14H25N3. The van der Waals surface area contributed by atoms with E-state index in [0.717, 1.165) is 24.3 Å². The van der Waals surface area contributed by atoms with E-state index in [1.807, 2.05) is 6.08 Å². The summed E-state index contributed by atoms with van der Waals surface area (Å²) >= 11 is 0. The Morgan fingerprint density at radius 2 is 2.00 bits per heavy atom. The van der Waals surface area contributed by atoms with Gasteiger partial charge in [-0.3, -0.25) is 0 Å². The van der Waals surface area contributed by atoms with E-state index < -0.39 is 0 Å². The first-order chi connectivity index (χ1) is 8.35. The zero-order valence-electron chi connectivity index (χ0n) is 11.0. The lowest BCUT2D eigenvalue weighted by molar-refractivity contribution is 0.299. The third kappa shape index (κ3) is 3.02. The Bertz CT molecular complexity index is 271. The van der Waals surface area contributed by atoms with Crippen LogP contribution in [0.15, 0.2) is 17.6 Å². The molecule has 0 aromatic heterocycles. The highest BCUT2D eigenvalue weighted by molar-refractivity contribution is 5.80. The summed E-state index contributed by atoms with van der Waals surface area (Å²) in [6, 6.07) is 0. The van der Waals surface area contributed by atoms with Crippen molar-refractivity contribution in [1.29, 1.82) is 0 Å². The maximum Gasteiger partial charge on any atom is 0.194 e. The van der Waals surface area contributed by atoms with Crippen LogP contribution in [0.25, 0.3) is 0 Å². The van der Waals surface area contributed by atoms with E-state index >= 15 is 0 Å². The van der Waals surface area contributed by atoms with E-state index in [1.54, 1.807) is 0 Å². The number of guanidine groups is 1. The average molecular weight is 235 g/mol. The van der Waals surface area contributed by atoms with Crippen molar-refractivity contribution in [3.8, 4) is 0 Å². The van der Waals surface area contributed by atoms with Gasteiger partial charge in [-0.1, -0.05) is 18.9 Å². The SMILES string of the molecule is C=CCN=C(NCC)N1CC2CCCCC2C1. The number of nitrogens with zero attached hydrogens (tertiary/aromatic N) is 2. The summed E-state index contributed by atoms with van der Waals surface area (Å²) in [5.41, 5.74) is 0. The summed E-state index contributed by atoms with van der Waals surface area (Å²) in [6.45, 7) is 9.94. The van der Waals surface area contributed by atoms with Gasteiger partial charge in [0.1, 0.15) is 0 Å². The highest BCUT2D eigenvalue weighted by atomic mass is 15.3. The lowest BCUT2D eigenvalue weighted by atomic mass is 9.82. The predicted octanol–water partition coefficient (Wildman–Crippen LogP) is 2.26. The maximum atomic E-state index is 4.59. The molecule has 1 saturated heterocycles. The monoisotopic (exact) mass is 235 g/mol. The molecule has 1 heterocycles. The summed E-state index contributed by atoms with van der Waals surface area (Å²) in [7, 11) is 0. The van der Waals surface area contributed by atoms with Gasteiger partial charge in [0, 0.05) is 19.6 Å². The van der Waals surface area contributed by atoms with Gasteiger partial charge in [0.15, 0.2) is 5.96 Å². The van der Waals surface area contributed by atoms with E-state index in [0.29, 0.717) is 6.54 Å². The lowest BCUT2D eigenvalue weighted by Gasteiger charge is -2.22. The van der Waals surface area contributed by atoms with Crippen LogP contribution in [-0.4, -0.2) is 37.0 Å². The second kappa shape index (κ2) is 6.08. The molecule has 0 spiro atoms. The van der Waals surface area contributed by atoms with Gasteiger partial charge in [-0.2, -0.15) is 0 Å². The average Bonchev–Trinajstić information content (AvgIpc) is 2.78. The van der Waals surface area contributed by atoms with Crippen molar-refractivity contribution in [1.82, 2.24) is 10.2 Å². The summed E-state index contributed by atoms with van der Waals surface area (Å²) in [4.78, 5) is 7.04. The first-order valence-electron chi connectivity index (χ1n) is 6.99. The Labute approximate surface area is 105 Å². The molecule has 0 aromatic rings. The number of likely N-dealkylation sites (tertiary alicyclic amines) is 1. The van der Waals surface area contributed by atoms with Crippen LogP contribution < -0.4 is 5.32 Å². The minimum atomic E-state index is 0.716. The molecule has 2 unspecified atom stereocenters. The van der Waals surface area contributed by atoms with Crippen molar-refractivity contribution in [3.63, 3.8) is 0 Å². The van der Waals surface area contributed by atoms with Crippen LogP contribution in [0.4, 0.5) is 0 Å². The number of aliphatic imine (C=N–C) groups is 1. The number of nitrogens with one attached hydrogen (secondary N) is 1. The lowest BCUT2D eigenvalue weighted by Crippen LogP contribution is -2.40. The van der Waals surface area contributed by atoms with Gasteiger partial charge in [-0.25, -0.2) is 4.99 Å². The van der Waals surface area contributed by atoms with Gasteiger partial charge < -0.3 is 10.2 Å². The molecule has 3 heteroatoms. The third-order valence-corrected chi connectivity index (χ3v) is 3.98. The third-order valence-electron chi connectivity index (χ3n) is 3.98. The fourth-order valence-corrected chi connectivity index (χ4v) is 3.16. The molecule has 1 saturated carbocycles. The quantitative estimate of drug-likeness (QED) is 0.461. The van der Waals surface area contributed by atoms with Gasteiger partial charge in [0.2, 0.25) is 0 Å². The topological polar surface area (TPSA) is 27.6 Å². The van der Waals surface area contributed by atoms with Gasteiger partial charge in [-0.05, 0) is 31.6 Å². The van der Waals surface area contributed by atoms with E-state index in [-0.39, 0.29) is 0 Å². The van der Waals surface area contributed by atoms with E-state index in [1.165, 1.54) is 38.8 Å². The maximum absolute atomic E-state index is 4.59. The zero-order valence-corrected chi connectivity index (χ0v) is 11.0. The van der Waals surface area contributed by atoms with E-state index in [9.17, 15) is 0 Å². The number of hydrogen-bond donors (Lipinski definition) is 1. The second-order valence-corrected chi connectivity index (χ2v) is 5.19. The molecule has 0 bridgehead atoms. The Morgan fingerprint density at radius 1 is 1.35 bits per heavy atom. The number of rotatable bonds is 3. The molecule has 96 valence electrons. The Kier molecular flexibility index (Phi) is 4.46. The van der Waals surface area contributed by atoms with Crippen molar-refractivity contribution in [2.75, 3.05) is 26.2 Å². The minimum absolute atomic E-state index is 0.716. The summed E-state index contributed by atoms with van der Waals surface area (Å²) < 4.78 is 0. The number of fused-ring (bicyclic) bond motifs is 1. The van der Waals surface area contributed by atoms with Crippen molar-refractivity contribution in [3.05, 3.63) is 12.7 Å². The predicted molar refractivity (Wildman–Crippen MR) is 73.2 cm³/mol. The van der Waals surface area contributed by atoms with Gasteiger partial charge >= 0.3 is 0 Å². The van der Waals surface area contributed by atoms with Gasteiger partial charge in [0.25, 0.3) is 0 Å². The highest BCUT2D eigenvalue weighted by Gasteiger charge is 2.35. The normalized spacial score (nSPS) is 29.0. The largest absolute Gasteiger partial charge is 0.357 e. The second-order valence-electron chi connectivity index (χ2n) is 5.19. The van der Waals surface area contributed by atoms with Crippen molar-refractivity contribution in [2.24, 2.45) is 16.8 Å². The van der Waals surface area contributed by atoms with Gasteiger partial charge in [0.05, 0.1) is 6.54 Å². The Morgan fingerprint density at radius 3 is 2.53 bits per heavy atom. The van der Waals surface area contributed by atoms with Gasteiger partial charge in [-0.15, -0.1) is 6.58 Å². The van der Waals surface area contributed by atoms with Crippen molar-refractivity contribution >= 4 is 5.96 Å². The molecule has 2 aliphatic rings. The molecule has 2 atom stereocenters. The molecule has 1 aliphatic carbocycles. The molecule has 0 amide bonds. The Hall–Kier alpha value is -0.990. The molecule has 0 radical (unpaired) electrons. The first-order valence-corrected chi connectivity index (χ1v) is 6.99. The molecule has 17 heavy (non-hydrogen) atoms. The van der Waals surface area contributed by atoms with Crippen molar-refractivity contribution in [2.45, 2.75) is 32.6 Å². The molecule has 0 aromatic carbocycles. The van der Waals surface area contributed by atoms with Crippen LogP contribution in [0.3, 0.4) is 0 Å². The van der Waals surface area contributed by atoms with E-state index in [2.05, 4.69) is 28.7 Å². The standard InChI is InChI=1S/C14H25N3/c1-3-9-16-14(15-4-2)17-10-12-7-5-6-8-13(12)11-17/h3,12-13H,1,4-11H2,2H3,(H,15,16). The van der Waals surface area contributed by atoms with E-state index in [4.69, 9.17) is 0 Å². The van der Waals surface area contributed by atoms with Crippen LogP contribution >= 0.6 is 0 Å². The smallest absolute Gasteiger partial charge is 0.194 e. The van der Waals surface area contributed by atoms with Crippen LogP contribution in [0.1, 0.15) is 32.6 Å². The van der Waals surface area contributed by atoms with Crippen LogP contribution in [-0.2, 0) is 0 Å². The van der Waals surface area contributed by atoms with Crippen LogP contribution in [0, 0.1) is 11.8 Å². The highest BCUT2D eigenvalue weighted by Crippen LogP contribution is 2.35. The fourth-order valence-electron chi connectivity index (χ4n) is 3.16.